The predicted octanol–water partition coefficient (Wildman–Crippen LogP) is 3.76. The van der Waals surface area contributed by atoms with Gasteiger partial charge in [-0.15, -0.1) is 0 Å². The molecular weight excluding hydrogens is 827 g/mol. The number of ether oxygens (including phenoxy) is 1. The van der Waals surface area contributed by atoms with Crippen LogP contribution in [-0.2, 0) is 21.4 Å². The zero-order chi connectivity index (χ0) is 44.1. The van der Waals surface area contributed by atoms with Crippen LogP contribution in [-0.4, -0.2) is 127 Å². The van der Waals surface area contributed by atoms with Crippen LogP contribution in [0.3, 0.4) is 0 Å². The molecule has 10 rings (SSSR count). The van der Waals surface area contributed by atoms with Crippen LogP contribution in [0, 0.1) is 23.2 Å². The van der Waals surface area contributed by atoms with E-state index >= 15 is 0 Å². The first kappa shape index (κ1) is 42.0. The molecule has 5 aromatic rings. The van der Waals surface area contributed by atoms with Crippen LogP contribution in [0.25, 0.3) is 16.7 Å². The fraction of sp³-hybridized carbons (Fsp3) is 0.533. The van der Waals surface area contributed by atoms with Crippen LogP contribution in [0.1, 0.15) is 91.5 Å². The van der Waals surface area contributed by atoms with Gasteiger partial charge in [0.1, 0.15) is 17.4 Å². The Labute approximate surface area is 367 Å². The summed E-state index contributed by atoms with van der Waals surface area (Å²) >= 11 is 0. The number of piperazine rings is 1. The number of carbonyl (C=O) groups excluding carboxylic acids is 3. The Balaban J connectivity index is 0.713. The number of hydrogen-bond acceptors (Lipinski definition) is 11. The monoisotopic (exact) mass is 878 g/mol. The van der Waals surface area contributed by atoms with Crippen LogP contribution in [0.4, 0.5) is 20.3 Å². The number of hydrogen-bond donors (Lipinski definition) is 2. The van der Waals surface area contributed by atoms with Crippen LogP contribution < -0.4 is 21.2 Å². The molecule has 3 amide bonds. The lowest BCUT2D eigenvalue weighted by Gasteiger charge is -2.47. The Bertz CT molecular complexity index is 2720. The predicted molar refractivity (Wildman–Crippen MR) is 232 cm³/mol. The van der Waals surface area contributed by atoms with E-state index in [1.165, 1.54) is 19.8 Å². The number of rotatable bonds is 9. The van der Waals surface area contributed by atoms with Gasteiger partial charge in [-0.1, -0.05) is 17.9 Å². The first-order valence-electron chi connectivity index (χ1n) is 22.4. The van der Waals surface area contributed by atoms with E-state index in [0.717, 1.165) is 103 Å². The van der Waals surface area contributed by atoms with E-state index < -0.39 is 30.0 Å². The SMILES string of the molecule is Cn1c(=O)n(C2CCC(=O)NC2=O)c2cccc(C#CCN3CCN(C[C@H]4CC[C@H](n5cc(NC(=O)c6cnn7ccc(N8CCC9(CC8)COC9)nc67)c(C(F)F)n5)CC4)CC3)c21. The van der Waals surface area contributed by atoms with Crippen molar-refractivity contribution < 1.29 is 27.9 Å². The zero-order valence-electron chi connectivity index (χ0n) is 35.8. The van der Waals surface area contributed by atoms with Crippen molar-refractivity contribution in [1.29, 1.82) is 0 Å². The minimum absolute atomic E-state index is 0.00391. The first-order valence-corrected chi connectivity index (χ1v) is 22.4. The smallest absolute Gasteiger partial charge is 0.329 e. The summed E-state index contributed by atoms with van der Waals surface area (Å²) in [7, 11) is 1.68. The molecule has 1 unspecified atom stereocenters. The molecule has 0 bridgehead atoms. The van der Waals surface area contributed by atoms with Crippen molar-refractivity contribution in [2.45, 2.75) is 69.9 Å². The van der Waals surface area contributed by atoms with Crippen molar-refractivity contribution >= 4 is 45.9 Å². The summed E-state index contributed by atoms with van der Waals surface area (Å²) in [5.41, 5.74) is 2.06. The Hall–Kier alpha value is -5.97. The molecule has 336 valence electrons. The van der Waals surface area contributed by atoms with Gasteiger partial charge >= 0.3 is 5.69 Å². The molecule has 4 aromatic heterocycles. The summed E-state index contributed by atoms with van der Waals surface area (Å²) in [5, 5.41) is 13.7. The van der Waals surface area contributed by atoms with Crippen molar-refractivity contribution in [2.24, 2.45) is 18.4 Å². The topological polar surface area (TPSA) is 169 Å². The average molecular weight is 879 g/mol. The number of benzene rings is 1. The zero-order valence-corrected chi connectivity index (χ0v) is 35.8. The van der Waals surface area contributed by atoms with Gasteiger partial charge in [0.05, 0.1) is 54.3 Å². The summed E-state index contributed by atoms with van der Waals surface area (Å²) in [6.07, 6.45) is 7.87. The van der Waals surface area contributed by atoms with E-state index in [4.69, 9.17) is 9.72 Å². The molecule has 1 atom stereocenters. The standard InChI is InChI=1S/C45H52F2N12O5/c1-53-39-30(4-2-6-34(39)59(44(53)63)35-11-12-37(60)51-43(35)62)5-3-16-54-20-22-55(23-21-54)25-29-7-9-31(10-8-29)58-26-33(38(52-58)40(46)47)49-42(61)32-24-48-57-17-13-36(50-41(32)57)56-18-14-45(15-19-56)27-64-28-45/h2,4,6,13,17,24,26,29,31,35,40H,7-12,14-16,18-23,25,27-28H2,1H3,(H,49,61)(H,51,60,62)/t29-,31-,35?. The summed E-state index contributed by atoms with van der Waals surface area (Å²) in [6.45, 7) is 8.43. The Morgan fingerprint density at radius 2 is 1.77 bits per heavy atom. The number of imide groups is 1. The van der Waals surface area contributed by atoms with E-state index in [1.54, 1.807) is 24.1 Å². The molecule has 4 saturated heterocycles. The van der Waals surface area contributed by atoms with E-state index in [1.807, 2.05) is 24.3 Å². The summed E-state index contributed by atoms with van der Waals surface area (Å²) in [5.74, 6) is 6.45. The Morgan fingerprint density at radius 1 is 1.00 bits per heavy atom. The van der Waals surface area contributed by atoms with Crippen molar-refractivity contribution in [3.05, 3.63) is 70.2 Å². The number of halogens is 2. The number of imidazole rings is 1. The molecule has 19 heteroatoms. The third-order valence-corrected chi connectivity index (χ3v) is 14.1. The molecular formula is C45H52F2N12O5. The maximum Gasteiger partial charge on any atom is 0.329 e. The van der Waals surface area contributed by atoms with Crippen LogP contribution in [0.15, 0.2) is 47.7 Å². The normalized spacial score (nSPS) is 23.1. The molecule has 64 heavy (non-hydrogen) atoms. The van der Waals surface area contributed by atoms with Gasteiger partial charge in [-0.2, -0.15) is 10.2 Å². The minimum atomic E-state index is -2.86. The fourth-order valence-electron chi connectivity index (χ4n) is 10.2. The lowest BCUT2D eigenvalue weighted by molar-refractivity contribution is -0.135. The number of amides is 3. The van der Waals surface area contributed by atoms with Crippen LogP contribution in [0.5, 0.6) is 0 Å². The van der Waals surface area contributed by atoms with Gasteiger partial charge in [-0.25, -0.2) is 23.1 Å². The highest BCUT2D eigenvalue weighted by Crippen LogP contribution is 2.40. The highest BCUT2D eigenvalue weighted by atomic mass is 19.3. The number of carbonyl (C=O) groups is 3. The Morgan fingerprint density at radius 3 is 2.48 bits per heavy atom. The van der Waals surface area contributed by atoms with Gasteiger partial charge in [0, 0.05) is 77.1 Å². The van der Waals surface area contributed by atoms with E-state index in [9.17, 15) is 28.0 Å². The maximum atomic E-state index is 14.3. The van der Waals surface area contributed by atoms with Gasteiger partial charge in [-0.05, 0) is 69.1 Å². The number of piperidine rings is 2. The van der Waals surface area contributed by atoms with E-state index in [2.05, 4.69) is 47.4 Å². The quantitative estimate of drug-likeness (QED) is 0.163. The summed E-state index contributed by atoms with van der Waals surface area (Å²) in [6, 6.07) is 6.61. The molecule has 1 aliphatic carbocycles. The maximum absolute atomic E-state index is 14.3. The van der Waals surface area contributed by atoms with Gasteiger partial charge < -0.3 is 19.9 Å². The minimum Gasteiger partial charge on any atom is -0.380 e. The van der Waals surface area contributed by atoms with Crippen molar-refractivity contribution in [3.8, 4) is 11.8 Å². The number of aryl methyl sites for hydroxylation is 1. The molecule has 8 heterocycles. The third kappa shape index (κ3) is 8.07. The summed E-state index contributed by atoms with van der Waals surface area (Å²) < 4.78 is 40.3. The van der Waals surface area contributed by atoms with E-state index in [0.29, 0.717) is 34.7 Å². The third-order valence-electron chi connectivity index (χ3n) is 14.1. The van der Waals surface area contributed by atoms with Gasteiger partial charge in [0.2, 0.25) is 11.8 Å². The lowest BCUT2D eigenvalue weighted by atomic mass is 9.77. The second kappa shape index (κ2) is 17.2. The molecule has 1 spiro atoms. The number of nitrogens with one attached hydrogen (secondary N) is 2. The van der Waals surface area contributed by atoms with Crippen molar-refractivity contribution in [3.63, 3.8) is 0 Å². The van der Waals surface area contributed by atoms with Crippen molar-refractivity contribution in [1.82, 2.24) is 48.6 Å². The number of anilines is 2. The summed E-state index contributed by atoms with van der Waals surface area (Å²) in [4.78, 5) is 63.0. The highest BCUT2D eigenvalue weighted by molar-refractivity contribution is 6.08. The van der Waals surface area contributed by atoms with Gasteiger partial charge in [0.25, 0.3) is 12.3 Å². The highest BCUT2D eigenvalue weighted by Gasteiger charge is 2.41. The van der Waals surface area contributed by atoms with Crippen LogP contribution in [0.2, 0.25) is 0 Å². The molecule has 0 radical (unpaired) electrons. The van der Waals surface area contributed by atoms with Gasteiger partial charge in [0.15, 0.2) is 11.3 Å². The lowest BCUT2D eigenvalue weighted by Crippen LogP contribution is -2.51. The number of alkyl halides is 2. The second-order valence-corrected chi connectivity index (χ2v) is 18.2. The van der Waals surface area contributed by atoms with Crippen molar-refractivity contribution in [2.75, 3.05) is 75.8 Å². The van der Waals surface area contributed by atoms with Crippen LogP contribution >= 0.6 is 0 Å². The molecule has 4 aliphatic heterocycles. The molecule has 2 N–H and O–H groups in total. The number of nitrogens with zero attached hydrogens (tertiary/aromatic N) is 10. The molecule has 1 saturated carbocycles. The molecule has 5 fully saturated rings. The van der Waals surface area contributed by atoms with Gasteiger partial charge in [-0.3, -0.25) is 38.4 Å². The first-order chi connectivity index (χ1) is 31.0. The largest absolute Gasteiger partial charge is 0.380 e. The number of fused-ring (bicyclic) bond motifs is 2. The fourth-order valence-corrected chi connectivity index (χ4v) is 10.2. The Kier molecular flexibility index (Phi) is 11.3. The van der Waals surface area contributed by atoms with E-state index in [-0.39, 0.29) is 47.1 Å². The second-order valence-electron chi connectivity index (χ2n) is 18.2. The number of para-hydroxylation sites is 1. The number of aromatic nitrogens is 7. The molecule has 17 nitrogen and oxygen atoms in total. The molecule has 5 aliphatic rings. The average Bonchev–Trinajstić information content (AvgIpc) is 3.98. The molecule has 1 aromatic carbocycles.